The van der Waals surface area contributed by atoms with E-state index in [9.17, 15) is 0 Å². The molecular weight excluding hydrogens is 621 g/mol. The first-order valence-electron chi connectivity index (χ1n) is 17.5. The van der Waals surface area contributed by atoms with Crippen LogP contribution >= 0.6 is 0 Å². The zero-order valence-corrected chi connectivity index (χ0v) is 27.7. The zero-order valence-electron chi connectivity index (χ0n) is 27.7. The molecule has 3 heterocycles. The van der Waals surface area contributed by atoms with Crippen molar-refractivity contribution in [2.24, 2.45) is 0 Å². The minimum absolute atomic E-state index is 0.737. The molecule has 0 fully saturated rings. The fraction of sp³-hybridized carbons (Fsp3) is 0.0213. The lowest BCUT2D eigenvalue weighted by Crippen LogP contribution is -2.00. The van der Waals surface area contributed by atoms with Crippen molar-refractivity contribution in [1.82, 2.24) is 19.1 Å². The van der Waals surface area contributed by atoms with Gasteiger partial charge in [0.2, 0.25) is 0 Å². The molecule has 7 aromatic carbocycles. The highest BCUT2D eigenvalue weighted by atomic mass is 15.0. The second kappa shape index (κ2) is 10.9. The summed E-state index contributed by atoms with van der Waals surface area (Å²) in [7, 11) is 0. The van der Waals surface area contributed by atoms with Gasteiger partial charge in [0.1, 0.15) is 0 Å². The molecule has 0 bridgehead atoms. The highest BCUT2D eigenvalue weighted by Crippen LogP contribution is 2.42. The van der Waals surface area contributed by atoms with Crippen LogP contribution in [0.2, 0.25) is 0 Å². The van der Waals surface area contributed by atoms with E-state index in [1.165, 1.54) is 60.3 Å². The molecule has 0 saturated heterocycles. The van der Waals surface area contributed by atoms with Crippen LogP contribution in [0.3, 0.4) is 0 Å². The second-order valence-electron chi connectivity index (χ2n) is 13.4. The molecule has 0 N–H and O–H groups in total. The Kier molecular flexibility index (Phi) is 5.98. The van der Waals surface area contributed by atoms with Crippen molar-refractivity contribution in [3.8, 4) is 45.3 Å². The van der Waals surface area contributed by atoms with Crippen molar-refractivity contribution in [3.63, 3.8) is 0 Å². The van der Waals surface area contributed by atoms with Crippen molar-refractivity contribution in [2.45, 2.75) is 6.42 Å². The summed E-state index contributed by atoms with van der Waals surface area (Å²) in [5, 5.41) is 5.04. The van der Waals surface area contributed by atoms with Crippen LogP contribution < -0.4 is 0 Å². The van der Waals surface area contributed by atoms with Crippen molar-refractivity contribution < 1.29 is 0 Å². The summed E-state index contributed by atoms with van der Waals surface area (Å²) in [4.78, 5) is 10.6. The van der Waals surface area contributed by atoms with E-state index in [1.54, 1.807) is 0 Å². The topological polar surface area (TPSA) is 35.6 Å². The maximum absolute atomic E-state index is 5.33. The first-order chi connectivity index (χ1) is 25.3. The first kappa shape index (κ1) is 28.1. The van der Waals surface area contributed by atoms with E-state index in [1.807, 2.05) is 0 Å². The van der Waals surface area contributed by atoms with Crippen LogP contribution in [0.1, 0.15) is 11.1 Å². The van der Waals surface area contributed by atoms with Gasteiger partial charge >= 0.3 is 0 Å². The molecule has 0 aliphatic heterocycles. The average Bonchev–Trinajstić information content (AvgIpc) is 3.86. The summed E-state index contributed by atoms with van der Waals surface area (Å²) in [6, 6.07) is 60.8. The number of hydrogen-bond acceptors (Lipinski definition) is 2. The van der Waals surface area contributed by atoms with Crippen molar-refractivity contribution in [2.75, 3.05) is 0 Å². The molecular formula is C47H30N4. The molecule has 238 valence electrons. The Balaban J connectivity index is 1.04. The van der Waals surface area contributed by atoms with Crippen LogP contribution in [0.5, 0.6) is 0 Å². The van der Waals surface area contributed by atoms with Crippen LogP contribution in [0.25, 0.3) is 88.9 Å². The summed E-state index contributed by atoms with van der Waals surface area (Å²) in [6.45, 7) is 0. The lowest BCUT2D eigenvalue weighted by molar-refractivity contribution is 1.13. The largest absolute Gasteiger partial charge is 0.309 e. The summed E-state index contributed by atoms with van der Waals surface area (Å²) in [5.41, 5.74) is 14.8. The number of rotatable bonds is 4. The molecule has 0 unspecified atom stereocenters. The highest BCUT2D eigenvalue weighted by molar-refractivity contribution is 6.10. The average molecular weight is 651 g/mol. The van der Waals surface area contributed by atoms with E-state index >= 15 is 0 Å². The van der Waals surface area contributed by atoms with Crippen LogP contribution in [0, 0.1) is 0 Å². The Morgan fingerprint density at radius 1 is 0.373 bits per heavy atom. The van der Waals surface area contributed by atoms with E-state index in [0.29, 0.717) is 0 Å². The molecule has 0 spiro atoms. The van der Waals surface area contributed by atoms with Crippen LogP contribution in [-0.2, 0) is 6.42 Å². The number of benzene rings is 7. The predicted octanol–water partition coefficient (Wildman–Crippen LogP) is 11.6. The van der Waals surface area contributed by atoms with Gasteiger partial charge in [0.25, 0.3) is 0 Å². The molecule has 10 aromatic rings. The molecule has 0 atom stereocenters. The minimum atomic E-state index is 0.737. The molecule has 11 rings (SSSR count). The van der Waals surface area contributed by atoms with Crippen LogP contribution in [0.15, 0.2) is 170 Å². The summed E-state index contributed by atoms with van der Waals surface area (Å²) < 4.78 is 4.71. The monoisotopic (exact) mass is 650 g/mol. The number of fused-ring (bicyclic) bond motifs is 9. The van der Waals surface area contributed by atoms with Crippen molar-refractivity contribution >= 4 is 43.6 Å². The maximum atomic E-state index is 5.33. The quantitative estimate of drug-likeness (QED) is 0.190. The predicted molar refractivity (Wildman–Crippen MR) is 210 cm³/mol. The fourth-order valence-corrected chi connectivity index (χ4v) is 8.27. The lowest BCUT2D eigenvalue weighted by atomic mass is 10.0. The summed E-state index contributed by atoms with van der Waals surface area (Å²) >= 11 is 0. The van der Waals surface area contributed by atoms with Gasteiger partial charge in [-0.2, -0.15) is 0 Å². The third kappa shape index (κ3) is 4.20. The van der Waals surface area contributed by atoms with Gasteiger partial charge in [-0.15, -0.1) is 0 Å². The molecule has 4 heteroatoms. The standard InChI is InChI=1S/C47H30N4/c1-2-12-35-32(11-1)29-40-45(30-21-25-33(26-22-30)50-41-17-7-3-13-36(41)37-14-4-8-18-42(37)50)48-47(49-46(35)40)31-23-27-34(28-24-31)51-43-19-9-5-15-38(43)39-16-6-10-20-44(39)51/h1-28H,29H2. The smallest absolute Gasteiger partial charge is 0.160 e. The van der Waals surface area contributed by atoms with Gasteiger partial charge in [0.15, 0.2) is 5.82 Å². The molecule has 0 amide bonds. The number of aromatic nitrogens is 4. The lowest BCUT2D eigenvalue weighted by Gasteiger charge is -2.13. The van der Waals surface area contributed by atoms with Gasteiger partial charge in [-0.3, -0.25) is 0 Å². The van der Waals surface area contributed by atoms with Crippen molar-refractivity contribution in [1.29, 1.82) is 0 Å². The fourth-order valence-electron chi connectivity index (χ4n) is 8.27. The summed E-state index contributed by atoms with van der Waals surface area (Å²) in [5.74, 6) is 0.737. The highest BCUT2D eigenvalue weighted by Gasteiger charge is 2.26. The van der Waals surface area contributed by atoms with Crippen LogP contribution in [0.4, 0.5) is 0 Å². The zero-order chi connectivity index (χ0) is 33.5. The van der Waals surface area contributed by atoms with Gasteiger partial charge in [-0.05, 0) is 66.2 Å². The van der Waals surface area contributed by atoms with E-state index in [0.717, 1.165) is 46.1 Å². The molecule has 0 radical (unpaired) electrons. The number of para-hydroxylation sites is 4. The minimum Gasteiger partial charge on any atom is -0.309 e. The van der Waals surface area contributed by atoms with Gasteiger partial charge < -0.3 is 9.13 Å². The molecule has 1 aliphatic rings. The SMILES string of the molecule is c1ccc2c(c1)Cc1c(-c3ccc(-n4c5ccccc5c5ccccc54)cc3)nc(-c3ccc(-n4c5ccccc5c5ccccc54)cc3)nc1-2. The van der Waals surface area contributed by atoms with Crippen molar-refractivity contribution in [3.05, 3.63) is 181 Å². The molecule has 1 aliphatic carbocycles. The van der Waals surface area contributed by atoms with Crippen LogP contribution in [-0.4, -0.2) is 19.1 Å². The molecule has 3 aromatic heterocycles. The maximum Gasteiger partial charge on any atom is 0.160 e. The van der Waals surface area contributed by atoms with E-state index in [4.69, 9.17) is 9.97 Å². The first-order valence-corrected chi connectivity index (χ1v) is 17.5. The molecule has 4 nitrogen and oxygen atoms in total. The third-order valence-corrected chi connectivity index (χ3v) is 10.6. The Morgan fingerprint density at radius 2 is 0.784 bits per heavy atom. The van der Waals surface area contributed by atoms with Gasteiger partial charge in [-0.1, -0.05) is 109 Å². The van der Waals surface area contributed by atoms with E-state index in [-0.39, 0.29) is 0 Å². The summed E-state index contributed by atoms with van der Waals surface area (Å²) in [6.07, 6.45) is 0.822. The second-order valence-corrected chi connectivity index (χ2v) is 13.4. The Labute approximate surface area is 294 Å². The number of nitrogens with zero attached hydrogens (tertiary/aromatic N) is 4. The Hall–Kier alpha value is -6.78. The molecule has 51 heavy (non-hydrogen) atoms. The van der Waals surface area contributed by atoms with Gasteiger partial charge in [0.05, 0.1) is 33.5 Å². The normalized spacial score (nSPS) is 12.2. The third-order valence-electron chi connectivity index (χ3n) is 10.6. The Morgan fingerprint density at radius 3 is 1.29 bits per heavy atom. The van der Waals surface area contributed by atoms with Gasteiger partial charge in [-0.25, -0.2) is 9.97 Å². The Bertz CT molecular complexity index is 2880. The van der Waals surface area contributed by atoms with E-state index < -0.39 is 0 Å². The van der Waals surface area contributed by atoms with Gasteiger partial charge in [0, 0.05) is 61.6 Å². The number of hydrogen-bond donors (Lipinski definition) is 0. The molecule has 0 saturated carbocycles. The van der Waals surface area contributed by atoms with E-state index in [2.05, 4.69) is 179 Å².